The van der Waals surface area contributed by atoms with Gasteiger partial charge in [0.1, 0.15) is 23.0 Å². The molecule has 0 aliphatic heterocycles. The molecular weight excluding hydrogens is 349 g/mol. The number of ether oxygens (including phenoxy) is 2. The molecule has 2 N–H and O–H groups in total. The SMILES string of the molecule is COc1ccc(NC(=O)c2cc(Nc3ccccc3F)ccn2)c(OC)c1. The molecule has 0 spiro atoms. The topological polar surface area (TPSA) is 72.5 Å². The van der Waals surface area contributed by atoms with E-state index in [1.165, 1.54) is 25.4 Å². The number of amides is 1. The van der Waals surface area contributed by atoms with Crippen molar-refractivity contribution in [2.45, 2.75) is 0 Å². The van der Waals surface area contributed by atoms with Crippen LogP contribution in [0.2, 0.25) is 0 Å². The second kappa shape index (κ2) is 8.18. The lowest BCUT2D eigenvalue weighted by Crippen LogP contribution is -2.14. The summed E-state index contributed by atoms with van der Waals surface area (Å²) < 4.78 is 24.2. The summed E-state index contributed by atoms with van der Waals surface area (Å²) in [6.07, 6.45) is 1.48. The number of anilines is 3. The van der Waals surface area contributed by atoms with Crippen molar-refractivity contribution in [2.75, 3.05) is 24.9 Å². The highest BCUT2D eigenvalue weighted by atomic mass is 19.1. The zero-order valence-electron chi connectivity index (χ0n) is 14.8. The van der Waals surface area contributed by atoms with E-state index in [9.17, 15) is 9.18 Å². The maximum atomic E-state index is 13.8. The van der Waals surface area contributed by atoms with Gasteiger partial charge in [-0.15, -0.1) is 0 Å². The fourth-order valence-electron chi connectivity index (χ4n) is 2.44. The molecule has 0 atom stereocenters. The molecule has 0 saturated carbocycles. The van der Waals surface area contributed by atoms with Gasteiger partial charge in [0, 0.05) is 18.0 Å². The number of benzene rings is 2. The van der Waals surface area contributed by atoms with Crippen LogP contribution in [0, 0.1) is 5.82 Å². The zero-order valence-corrected chi connectivity index (χ0v) is 14.8. The standard InChI is InChI=1S/C20H18FN3O3/c1-26-14-7-8-17(19(12-14)27-2)24-20(25)18-11-13(9-10-22-18)23-16-6-4-3-5-15(16)21/h3-12H,1-2H3,(H,22,23)(H,24,25). The van der Waals surface area contributed by atoms with E-state index in [4.69, 9.17) is 9.47 Å². The normalized spacial score (nSPS) is 10.2. The van der Waals surface area contributed by atoms with Gasteiger partial charge in [0.05, 0.1) is 25.6 Å². The van der Waals surface area contributed by atoms with Crippen LogP contribution in [0.5, 0.6) is 11.5 Å². The number of carbonyl (C=O) groups is 1. The van der Waals surface area contributed by atoms with Gasteiger partial charge in [-0.05, 0) is 36.4 Å². The minimum Gasteiger partial charge on any atom is -0.497 e. The van der Waals surface area contributed by atoms with Crippen molar-refractivity contribution in [2.24, 2.45) is 0 Å². The molecule has 1 amide bonds. The number of para-hydroxylation sites is 1. The van der Waals surface area contributed by atoms with Crippen molar-refractivity contribution in [3.63, 3.8) is 0 Å². The Hall–Kier alpha value is -3.61. The van der Waals surface area contributed by atoms with Crippen molar-refractivity contribution in [3.05, 3.63) is 72.3 Å². The molecular formula is C20H18FN3O3. The second-order valence-electron chi connectivity index (χ2n) is 5.55. The van der Waals surface area contributed by atoms with Gasteiger partial charge in [-0.25, -0.2) is 4.39 Å². The third-order valence-corrected chi connectivity index (χ3v) is 3.80. The lowest BCUT2D eigenvalue weighted by atomic mass is 10.2. The molecule has 0 bridgehead atoms. The number of nitrogens with one attached hydrogen (secondary N) is 2. The quantitative estimate of drug-likeness (QED) is 0.682. The summed E-state index contributed by atoms with van der Waals surface area (Å²) in [6.45, 7) is 0. The Morgan fingerprint density at radius 1 is 1.00 bits per heavy atom. The largest absolute Gasteiger partial charge is 0.497 e. The fraction of sp³-hybridized carbons (Fsp3) is 0.100. The third-order valence-electron chi connectivity index (χ3n) is 3.80. The molecule has 0 aliphatic carbocycles. The number of halogens is 1. The Kier molecular flexibility index (Phi) is 5.51. The number of pyridine rings is 1. The summed E-state index contributed by atoms with van der Waals surface area (Å²) in [5.74, 6) is 0.265. The van der Waals surface area contributed by atoms with Gasteiger partial charge < -0.3 is 20.1 Å². The van der Waals surface area contributed by atoms with Crippen LogP contribution >= 0.6 is 0 Å². The van der Waals surface area contributed by atoms with E-state index in [2.05, 4.69) is 15.6 Å². The first-order valence-electron chi connectivity index (χ1n) is 8.11. The van der Waals surface area contributed by atoms with Gasteiger partial charge in [-0.1, -0.05) is 12.1 Å². The van der Waals surface area contributed by atoms with Gasteiger partial charge in [-0.2, -0.15) is 0 Å². The highest BCUT2D eigenvalue weighted by Gasteiger charge is 2.13. The Morgan fingerprint density at radius 2 is 1.81 bits per heavy atom. The van der Waals surface area contributed by atoms with E-state index in [0.717, 1.165) is 0 Å². The van der Waals surface area contributed by atoms with Crippen LogP contribution in [0.4, 0.5) is 21.5 Å². The predicted molar refractivity (Wildman–Crippen MR) is 101 cm³/mol. The molecule has 0 saturated heterocycles. The number of hydrogen-bond acceptors (Lipinski definition) is 5. The minimum absolute atomic E-state index is 0.175. The third kappa shape index (κ3) is 4.33. The second-order valence-corrected chi connectivity index (χ2v) is 5.55. The van der Waals surface area contributed by atoms with Crippen molar-refractivity contribution >= 4 is 23.0 Å². The number of aromatic nitrogens is 1. The summed E-state index contributed by atoms with van der Waals surface area (Å²) in [5.41, 5.74) is 1.51. The van der Waals surface area contributed by atoms with E-state index in [-0.39, 0.29) is 11.5 Å². The highest BCUT2D eigenvalue weighted by Crippen LogP contribution is 2.29. The number of rotatable bonds is 6. The average molecular weight is 367 g/mol. The fourth-order valence-corrected chi connectivity index (χ4v) is 2.44. The molecule has 6 nitrogen and oxygen atoms in total. The average Bonchev–Trinajstić information content (AvgIpc) is 2.70. The van der Waals surface area contributed by atoms with E-state index in [1.54, 1.807) is 49.6 Å². The van der Waals surface area contributed by atoms with E-state index < -0.39 is 5.91 Å². The smallest absolute Gasteiger partial charge is 0.274 e. The van der Waals surface area contributed by atoms with Crippen molar-refractivity contribution in [3.8, 4) is 11.5 Å². The lowest BCUT2D eigenvalue weighted by molar-refractivity contribution is 0.102. The number of nitrogens with zero attached hydrogens (tertiary/aromatic N) is 1. The van der Waals surface area contributed by atoms with E-state index in [1.807, 2.05) is 0 Å². The summed E-state index contributed by atoms with van der Waals surface area (Å²) in [5, 5.41) is 5.68. The van der Waals surface area contributed by atoms with Crippen LogP contribution in [-0.4, -0.2) is 25.1 Å². The first kappa shape index (κ1) is 18.2. The molecule has 0 radical (unpaired) electrons. The molecule has 3 rings (SSSR count). The maximum Gasteiger partial charge on any atom is 0.274 e. The van der Waals surface area contributed by atoms with Gasteiger partial charge >= 0.3 is 0 Å². The summed E-state index contributed by atoms with van der Waals surface area (Å²) in [7, 11) is 3.05. The molecule has 7 heteroatoms. The van der Waals surface area contributed by atoms with Crippen molar-refractivity contribution in [1.29, 1.82) is 0 Å². The van der Waals surface area contributed by atoms with Crippen LogP contribution < -0.4 is 20.1 Å². The summed E-state index contributed by atoms with van der Waals surface area (Å²) in [6, 6.07) is 14.5. The van der Waals surface area contributed by atoms with Crippen LogP contribution in [-0.2, 0) is 0 Å². The van der Waals surface area contributed by atoms with E-state index in [0.29, 0.717) is 28.6 Å². The Bertz CT molecular complexity index is 963. The monoisotopic (exact) mass is 367 g/mol. The van der Waals surface area contributed by atoms with E-state index >= 15 is 0 Å². The van der Waals surface area contributed by atoms with Crippen LogP contribution in [0.3, 0.4) is 0 Å². The van der Waals surface area contributed by atoms with Crippen LogP contribution in [0.1, 0.15) is 10.5 Å². The zero-order chi connectivity index (χ0) is 19.2. The molecule has 3 aromatic rings. The molecule has 1 aromatic heterocycles. The first-order chi connectivity index (χ1) is 13.1. The van der Waals surface area contributed by atoms with Gasteiger partial charge in [0.15, 0.2) is 0 Å². The first-order valence-corrected chi connectivity index (χ1v) is 8.11. The molecule has 27 heavy (non-hydrogen) atoms. The molecule has 0 aliphatic rings. The van der Waals surface area contributed by atoms with Crippen LogP contribution in [0.15, 0.2) is 60.8 Å². The van der Waals surface area contributed by atoms with Gasteiger partial charge in [-0.3, -0.25) is 9.78 Å². The number of hydrogen-bond donors (Lipinski definition) is 2. The molecule has 0 unspecified atom stereocenters. The predicted octanol–water partition coefficient (Wildman–Crippen LogP) is 4.23. The summed E-state index contributed by atoms with van der Waals surface area (Å²) in [4.78, 5) is 16.6. The lowest BCUT2D eigenvalue weighted by Gasteiger charge is -2.12. The molecule has 2 aromatic carbocycles. The van der Waals surface area contributed by atoms with Gasteiger partial charge in [0.25, 0.3) is 5.91 Å². The Balaban J connectivity index is 1.79. The number of methoxy groups -OCH3 is 2. The van der Waals surface area contributed by atoms with Gasteiger partial charge in [0.2, 0.25) is 0 Å². The maximum absolute atomic E-state index is 13.8. The van der Waals surface area contributed by atoms with Crippen molar-refractivity contribution in [1.82, 2.24) is 4.98 Å². The summed E-state index contributed by atoms with van der Waals surface area (Å²) >= 11 is 0. The number of carbonyl (C=O) groups excluding carboxylic acids is 1. The molecule has 0 fully saturated rings. The highest BCUT2D eigenvalue weighted by molar-refractivity contribution is 6.04. The van der Waals surface area contributed by atoms with Crippen LogP contribution in [0.25, 0.3) is 0 Å². The van der Waals surface area contributed by atoms with Crippen molar-refractivity contribution < 1.29 is 18.7 Å². The molecule has 1 heterocycles. The Labute approximate surface area is 156 Å². The molecule has 138 valence electrons. The Morgan fingerprint density at radius 3 is 2.56 bits per heavy atom. The minimum atomic E-state index is -0.421.